The van der Waals surface area contributed by atoms with Gasteiger partial charge in [0.05, 0.1) is 0 Å². The molecule has 0 unspecified atom stereocenters. The molecule has 0 saturated carbocycles. The van der Waals surface area contributed by atoms with Gasteiger partial charge in [-0.1, -0.05) is 38.1 Å². The van der Waals surface area contributed by atoms with Crippen LogP contribution in [0.5, 0.6) is 0 Å². The normalized spacial score (nSPS) is 11.5. The van der Waals surface area contributed by atoms with E-state index in [1.54, 1.807) is 6.20 Å². The second-order valence-corrected chi connectivity index (χ2v) is 6.29. The molecule has 0 amide bonds. The van der Waals surface area contributed by atoms with Gasteiger partial charge < -0.3 is 0 Å². The lowest BCUT2D eigenvalue weighted by atomic mass is 9.98. The largest absolute Gasteiger partial charge is 0.281 e. The minimum atomic E-state index is 0.508. The molecule has 0 N–H and O–H groups in total. The molecule has 0 spiro atoms. The Morgan fingerprint density at radius 3 is 2.58 bits per heavy atom. The summed E-state index contributed by atoms with van der Waals surface area (Å²) in [6.07, 6.45) is 3.86. The summed E-state index contributed by atoms with van der Waals surface area (Å²) in [5.74, 6) is 1.31. The van der Waals surface area contributed by atoms with Gasteiger partial charge in [-0.2, -0.15) is 5.10 Å². The average Bonchev–Trinajstić information content (AvgIpc) is 3.20. The van der Waals surface area contributed by atoms with E-state index in [1.165, 1.54) is 11.1 Å². The Morgan fingerprint density at radius 1 is 0.958 bits per heavy atom. The van der Waals surface area contributed by atoms with Crippen LogP contribution in [-0.2, 0) is 7.05 Å². The number of rotatable bonds is 3. The lowest BCUT2D eigenvalue weighted by Crippen LogP contribution is -1.98. The number of fused-ring (bicyclic) bond motifs is 1. The minimum Gasteiger partial charge on any atom is -0.281 e. The van der Waals surface area contributed by atoms with E-state index in [0.717, 1.165) is 22.7 Å². The van der Waals surface area contributed by atoms with Crippen molar-refractivity contribution >= 4 is 5.65 Å². The molecule has 0 saturated heterocycles. The first kappa shape index (κ1) is 14.6. The molecule has 4 rings (SSSR count). The first-order valence-electron chi connectivity index (χ1n) is 8.07. The van der Waals surface area contributed by atoms with Gasteiger partial charge in [-0.15, -0.1) is 10.2 Å². The van der Waals surface area contributed by atoms with Crippen LogP contribution in [0.4, 0.5) is 0 Å². The average molecular weight is 317 g/mol. The summed E-state index contributed by atoms with van der Waals surface area (Å²) in [4.78, 5) is 0. The Balaban J connectivity index is 1.87. The standard InChI is InChI=1S/C19H19N5/c1-13(2)14-5-4-6-15(11-14)16-7-8-18-21-22-19(24(18)12-16)17-9-10-20-23(17)3/h4-13H,1-3H3. The maximum atomic E-state index is 4.33. The number of aromatic nitrogens is 5. The second-order valence-electron chi connectivity index (χ2n) is 6.29. The molecule has 3 heterocycles. The van der Waals surface area contributed by atoms with E-state index in [0.29, 0.717) is 5.92 Å². The molecule has 0 radical (unpaired) electrons. The Morgan fingerprint density at radius 2 is 1.83 bits per heavy atom. The van der Waals surface area contributed by atoms with E-state index in [2.05, 4.69) is 65.7 Å². The van der Waals surface area contributed by atoms with Crippen molar-refractivity contribution in [1.29, 1.82) is 0 Å². The zero-order chi connectivity index (χ0) is 16.7. The van der Waals surface area contributed by atoms with Crippen LogP contribution in [0.25, 0.3) is 28.3 Å². The molecule has 5 heteroatoms. The minimum absolute atomic E-state index is 0.508. The molecule has 0 aliphatic heterocycles. The molecule has 0 fully saturated rings. The lowest BCUT2D eigenvalue weighted by molar-refractivity contribution is 0.768. The van der Waals surface area contributed by atoms with Gasteiger partial charge in [0, 0.05) is 19.4 Å². The van der Waals surface area contributed by atoms with Crippen LogP contribution in [-0.4, -0.2) is 24.4 Å². The summed E-state index contributed by atoms with van der Waals surface area (Å²) in [5, 5.41) is 12.8. The fraction of sp³-hybridized carbons (Fsp3) is 0.211. The molecule has 0 aliphatic rings. The van der Waals surface area contributed by atoms with Crippen LogP contribution in [0.3, 0.4) is 0 Å². The topological polar surface area (TPSA) is 48.0 Å². The van der Waals surface area contributed by atoms with Crippen molar-refractivity contribution in [1.82, 2.24) is 24.4 Å². The van der Waals surface area contributed by atoms with Gasteiger partial charge in [0.25, 0.3) is 0 Å². The molecule has 24 heavy (non-hydrogen) atoms. The highest BCUT2D eigenvalue weighted by Crippen LogP contribution is 2.26. The van der Waals surface area contributed by atoms with Crippen LogP contribution in [0.1, 0.15) is 25.3 Å². The van der Waals surface area contributed by atoms with E-state index in [-0.39, 0.29) is 0 Å². The molecule has 1 aromatic carbocycles. The van der Waals surface area contributed by atoms with E-state index in [9.17, 15) is 0 Å². The van der Waals surface area contributed by atoms with Crippen LogP contribution in [0.2, 0.25) is 0 Å². The van der Waals surface area contributed by atoms with E-state index < -0.39 is 0 Å². The molecule has 120 valence electrons. The smallest absolute Gasteiger partial charge is 0.186 e. The van der Waals surface area contributed by atoms with Crippen LogP contribution in [0, 0.1) is 0 Å². The fourth-order valence-corrected chi connectivity index (χ4v) is 2.91. The van der Waals surface area contributed by atoms with Gasteiger partial charge >= 0.3 is 0 Å². The fourth-order valence-electron chi connectivity index (χ4n) is 2.91. The highest BCUT2D eigenvalue weighted by molar-refractivity contribution is 5.67. The van der Waals surface area contributed by atoms with Crippen LogP contribution >= 0.6 is 0 Å². The Kier molecular flexibility index (Phi) is 3.41. The van der Waals surface area contributed by atoms with Crippen molar-refractivity contribution in [3.8, 4) is 22.6 Å². The number of hydrogen-bond donors (Lipinski definition) is 0. The number of nitrogens with zero attached hydrogens (tertiary/aromatic N) is 5. The zero-order valence-electron chi connectivity index (χ0n) is 14.0. The van der Waals surface area contributed by atoms with Crippen molar-refractivity contribution in [2.45, 2.75) is 19.8 Å². The second kappa shape index (κ2) is 5.60. The molecule has 0 bridgehead atoms. The predicted octanol–water partition coefficient (Wildman–Crippen LogP) is 3.92. The van der Waals surface area contributed by atoms with Gasteiger partial charge in [-0.3, -0.25) is 9.08 Å². The van der Waals surface area contributed by atoms with Crippen molar-refractivity contribution in [3.63, 3.8) is 0 Å². The van der Waals surface area contributed by atoms with Gasteiger partial charge in [0.1, 0.15) is 5.69 Å². The first-order valence-corrected chi connectivity index (χ1v) is 8.07. The number of aryl methyl sites for hydroxylation is 1. The van der Waals surface area contributed by atoms with Gasteiger partial charge in [0.2, 0.25) is 0 Å². The summed E-state index contributed by atoms with van der Waals surface area (Å²) >= 11 is 0. The third-order valence-electron chi connectivity index (χ3n) is 4.34. The maximum Gasteiger partial charge on any atom is 0.186 e. The highest BCUT2D eigenvalue weighted by Gasteiger charge is 2.12. The van der Waals surface area contributed by atoms with Gasteiger partial charge in [0.15, 0.2) is 11.5 Å². The van der Waals surface area contributed by atoms with Crippen molar-refractivity contribution < 1.29 is 0 Å². The molecule has 5 nitrogen and oxygen atoms in total. The number of pyridine rings is 1. The summed E-state index contributed by atoms with van der Waals surface area (Å²) in [5.41, 5.74) is 5.45. The summed E-state index contributed by atoms with van der Waals surface area (Å²) in [6.45, 7) is 4.42. The Labute approximate surface area is 140 Å². The van der Waals surface area contributed by atoms with E-state index in [4.69, 9.17) is 0 Å². The predicted molar refractivity (Wildman–Crippen MR) is 94.7 cm³/mol. The van der Waals surface area contributed by atoms with E-state index in [1.807, 2.05) is 28.3 Å². The highest BCUT2D eigenvalue weighted by atomic mass is 15.3. The van der Waals surface area contributed by atoms with Crippen molar-refractivity contribution in [2.24, 2.45) is 7.05 Å². The molecule has 0 aliphatic carbocycles. The quantitative estimate of drug-likeness (QED) is 0.575. The molecule has 3 aromatic heterocycles. The number of hydrogen-bond acceptors (Lipinski definition) is 3. The molecule has 0 atom stereocenters. The van der Waals surface area contributed by atoms with E-state index >= 15 is 0 Å². The SMILES string of the molecule is CC(C)c1cccc(-c2ccc3nnc(-c4ccnn4C)n3c2)c1. The third-order valence-corrected chi connectivity index (χ3v) is 4.34. The van der Waals surface area contributed by atoms with Gasteiger partial charge in [-0.25, -0.2) is 0 Å². The zero-order valence-corrected chi connectivity index (χ0v) is 14.0. The maximum absolute atomic E-state index is 4.33. The third kappa shape index (κ3) is 2.38. The molecular formula is C19H19N5. The van der Waals surface area contributed by atoms with Gasteiger partial charge in [-0.05, 0) is 40.8 Å². The summed E-state index contributed by atoms with van der Waals surface area (Å²) in [6, 6.07) is 14.7. The lowest BCUT2D eigenvalue weighted by Gasteiger charge is -2.09. The summed E-state index contributed by atoms with van der Waals surface area (Å²) in [7, 11) is 1.91. The molecule has 4 aromatic rings. The molecular weight excluding hydrogens is 298 g/mol. The van der Waals surface area contributed by atoms with Crippen LogP contribution in [0.15, 0.2) is 54.9 Å². The summed E-state index contributed by atoms with van der Waals surface area (Å²) < 4.78 is 3.83. The van der Waals surface area contributed by atoms with Crippen molar-refractivity contribution in [2.75, 3.05) is 0 Å². The Hall–Kier alpha value is -2.95. The van der Waals surface area contributed by atoms with Crippen molar-refractivity contribution in [3.05, 3.63) is 60.4 Å². The van der Waals surface area contributed by atoms with Crippen LogP contribution < -0.4 is 0 Å². The first-order chi connectivity index (χ1) is 11.6. The number of benzene rings is 1. The monoisotopic (exact) mass is 317 g/mol. The Bertz CT molecular complexity index is 1010.